The molecule has 2 aromatic rings. The first-order valence-electron chi connectivity index (χ1n) is 17.3. The van der Waals surface area contributed by atoms with Crippen LogP contribution in [0.25, 0.3) is 0 Å². The molecule has 0 bridgehead atoms. The van der Waals surface area contributed by atoms with Gasteiger partial charge < -0.3 is 44.7 Å². The number of nitriles is 2. The Hall–Kier alpha value is -6.32. The molecule has 0 fully saturated rings. The van der Waals surface area contributed by atoms with E-state index in [0.717, 1.165) is 12.1 Å². The Labute approximate surface area is 323 Å². The van der Waals surface area contributed by atoms with Crippen molar-refractivity contribution in [3.63, 3.8) is 0 Å². The zero-order chi connectivity index (χ0) is 41.7. The number of ketones is 2. The van der Waals surface area contributed by atoms with Crippen LogP contribution in [-0.2, 0) is 35.3 Å². The summed E-state index contributed by atoms with van der Waals surface area (Å²) < 4.78 is 41.4. The van der Waals surface area contributed by atoms with Gasteiger partial charge in [0.1, 0.15) is 35.6 Å². The fourth-order valence-corrected chi connectivity index (χ4v) is 4.52. The number of aromatic nitrogens is 1. The number of halogens is 1. The molecule has 2 atom stereocenters. The monoisotopic (exact) mass is 785 g/mol. The van der Waals surface area contributed by atoms with Crippen LogP contribution in [0, 0.1) is 39.5 Å². The summed E-state index contributed by atoms with van der Waals surface area (Å²) in [6.45, 7) is 5.13. The molecule has 1 aromatic carbocycles. The van der Waals surface area contributed by atoms with E-state index in [9.17, 15) is 23.6 Å². The van der Waals surface area contributed by atoms with E-state index < -0.39 is 65.7 Å². The maximum Gasteiger partial charge on any atom is 0.254 e. The fraction of sp³-hybridized carbons (Fsp3) is 0.514. The first-order valence-corrected chi connectivity index (χ1v) is 17.3. The summed E-state index contributed by atoms with van der Waals surface area (Å²) in [5.74, 6) is -3.36. The molecule has 0 saturated carbocycles. The molecule has 0 saturated heterocycles. The molecule has 0 aliphatic heterocycles. The number of hydrogen-bond acceptors (Lipinski definition) is 14. The van der Waals surface area contributed by atoms with Crippen LogP contribution in [0.3, 0.4) is 0 Å². The van der Waals surface area contributed by atoms with Crippen molar-refractivity contribution in [1.82, 2.24) is 37.1 Å². The maximum absolute atomic E-state index is 14.7. The molecule has 56 heavy (non-hydrogen) atoms. The first-order chi connectivity index (χ1) is 26.5. The molecule has 1 aromatic heterocycles. The van der Waals surface area contributed by atoms with Gasteiger partial charge in [-0.2, -0.15) is 10.5 Å². The number of carbonyl (C=O) groups excluding carboxylic acids is 4. The van der Waals surface area contributed by atoms with Crippen molar-refractivity contribution >= 4 is 35.3 Å². The summed E-state index contributed by atoms with van der Waals surface area (Å²) >= 11 is 0. The zero-order valence-electron chi connectivity index (χ0n) is 31.8. The van der Waals surface area contributed by atoms with E-state index in [-0.39, 0.29) is 61.7 Å². The van der Waals surface area contributed by atoms with Crippen molar-refractivity contribution in [1.29, 1.82) is 21.3 Å². The first kappa shape index (κ1) is 45.8. The van der Waals surface area contributed by atoms with Crippen LogP contribution in [0.2, 0.25) is 0 Å². The maximum atomic E-state index is 14.7. The highest BCUT2D eigenvalue weighted by Crippen LogP contribution is 2.21. The lowest BCUT2D eigenvalue weighted by molar-refractivity contribution is -0.146. The van der Waals surface area contributed by atoms with Gasteiger partial charge in [-0.3, -0.25) is 40.6 Å². The second-order valence-corrected chi connectivity index (χ2v) is 13.1. The molecular formula is C35H48FN11O9. The third-order valence-corrected chi connectivity index (χ3v) is 7.98. The predicted molar refractivity (Wildman–Crippen MR) is 195 cm³/mol. The van der Waals surface area contributed by atoms with E-state index in [1.54, 1.807) is 12.4 Å². The topological polar surface area (TPSA) is 299 Å². The number of rotatable bonds is 24. The summed E-state index contributed by atoms with van der Waals surface area (Å²) in [5, 5.41) is 50.9. The average Bonchev–Trinajstić information content (AvgIpc) is 3.68. The van der Waals surface area contributed by atoms with Crippen LogP contribution in [0.5, 0.6) is 11.6 Å². The van der Waals surface area contributed by atoms with Gasteiger partial charge >= 0.3 is 0 Å². The van der Waals surface area contributed by atoms with E-state index in [1.807, 2.05) is 0 Å². The summed E-state index contributed by atoms with van der Waals surface area (Å²) in [5.41, 5.74) is -2.53. The fourth-order valence-electron chi connectivity index (χ4n) is 4.52. The number of hydrogen-bond donors (Lipinski definition) is 8. The summed E-state index contributed by atoms with van der Waals surface area (Å²) in [6, 6.07) is 2.97. The molecule has 2 amide bonds. The number of ether oxygens (including phenoxy) is 4. The van der Waals surface area contributed by atoms with E-state index in [1.165, 1.54) is 53.2 Å². The quantitative estimate of drug-likeness (QED) is 0.0241. The third-order valence-electron chi connectivity index (χ3n) is 7.98. The summed E-state index contributed by atoms with van der Waals surface area (Å²) in [6.07, 6.45) is 5.40. The number of nitrogens with zero attached hydrogens (tertiary/aromatic N) is 3. The van der Waals surface area contributed by atoms with Gasteiger partial charge in [-0.15, -0.1) is 0 Å². The lowest BCUT2D eigenvalue weighted by Crippen LogP contribution is -2.51. The van der Waals surface area contributed by atoms with Crippen LogP contribution >= 0.6 is 0 Å². The van der Waals surface area contributed by atoms with Crippen molar-refractivity contribution in [2.24, 2.45) is 0 Å². The predicted octanol–water partition coefficient (Wildman–Crippen LogP) is 0.850. The second-order valence-electron chi connectivity index (χ2n) is 13.1. The number of Topliss-reactive ketones (excluding diaryl/α,β-unsaturated/α-hetero) is 2. The normalized spacial score (nSPS) is 12.1. The van der Waals surface area contributed by atoms with Crippen molar-refractivity contribution in [3.8, 4) is 24.0 Å². The van der Waals surface area contributed by atoms with Crippen LogP contribution in [0.1, 0.15) is 58.9 Å². The lowest BCUT2D eigenvalue weighted by Gasteiger charge is -2.27. The lowest BCUT2D eigenvalue weighted by atomic mass is 10.0. The van der Waals surface area contributed by atoms with Gasteiger partial charge in [0, 0.05) is 32.3 Å². The molecule has 2 rings (SSSR count). The molecule has 21 heteroatoms. The smallest absolute Gasteiger partial charge is 0.254 e. The van der Waals surface area contributed by atoms with Crippen LogP contribution < -0.4 is 41.4 Å². The van der Waals surface area contributed by atoms with E-state index in [0.29, 0.717) is 12.8 Å². The Bertz CT molecular complexity index is 1740. The Morgan fingerprint density at radius 1 is 0.857 bits per heavy atom. The Balaban J connectivity index is 2.07. The zero-order valence-corrected chi connectivity index (χ0v) is 31.8. The van der Waals surface area contributed by atoms with Crippen molar-refractivity contribution in [3.05, 3.63) is 41.9 Å². The van der Waals surface area contributed by atoms with E-state index in [4.69, 9.17) is 44.8 Å². The van der Waals surface area contributed by atoms with Gasteiger partial charge in [0.2, 0.25) is 11.9 Å². The standard InChI is InChI=1S/C35H48FN11O9/c1-34(2,52-5)30(50)45-25(8-6-11-41-32(39)43-20-37)27(48)18-53-24-15-22(14-23(36)16-24)17-55-35(3,4)31(51)46-26(9-7-12-42-33(40)44-21-38)28(49)19-54-29-10-13-56-47-29/h10,13-16,25-26H,6-9,11-12,17-19H2,1-5H3,(H,45,50)(H,46,51)(H3,39,41,43)(H3,40,42,44). The minimum atomic E-state index is -1.54. The Kier molecular flexibility index (Phi) is 18.7. The molecule has 1 heterocycles. The van der Waals surface area contributed by atoms with Gasteiger partial charge in [0.05, 0.1) is 18.7 Å². The molecule has 304 valence electrons. The number of carbonyl (C=O) groups is 4. The third kappa shape index (κ3) is 16.4. The minimum Gasteiger partial charge on any atom is -0.486 e. The highest BCUT2D eigenvalue weighted by Gasteiger charge is 2.33. The largest absolute Gasteiger partial charge is 0.486 e. The molecule has 0 aliphatic carbocycles. The number of guanidine groups is 2. The van der Waals surface area contributed by atoms with Gasteiger partial charge in [-0.05, 0) is 76.2 Å². The Morgan fingerprint density at radius 2 is 1.39 bits per heavy atom. The van der Waals surface area contributed by atoms with Gasteiger partial charge in [0.15, 0.2) is 30.6 Å². The SMILES string of the molecule is COC(C)(C)C(=O)NC(CCCNC(=N)NC#N)C(=O)COc1cc(F)cc(COC(C)(C)C(=O)NC(CCCNC(=N)NC#N)C(=O)COc2ccon2)c1. The Morgan fingerprint density at radius 3 is 1.89 bits per heavy atom. The number of benzene rings is 1. The van der Waals surface area contributed by atoms with Crippen LogP contribution in [0.4, 0.5) is 4.39 Å². The van der Waals surface area contributed by atoms with Gasteiger partial charge in [-0.1, -0.05) is 0 Å². The summed E-state index contributed by atoms with van der Waals surface area (Å²) in [4.78, 5) is 52.5. The van der Waals surface area contributed by atoms with E-state index in [2.05, 4.69) is 37.1 Å². The second kappa shape index (κ2) is 22.8. The molecule has 8 N–H and O–H groups in total. The van der Waals surface area contributed by atoms with Gasteiger partial charge in [-0.25, -0.2) is 4.39 Å². The van der Waals surface area contributed by atoms with Gasteiger partial charge in [0.25, 0.3) is 17.7 Å². The highest BCUT2D eigenvalue weighted by molar-refractivity contribution is 5.93. The number of nitrogens with one attached hydrogen (secondary N) is 8. The molecule has 0 aliphatic rings. The molecular weight excluding hydrogens is 737 g/mol. The van der Waals surface area contributed by atoms with Crippen molar-refractivity contribution < 1.29 is 47.0 Å². The molecule has 0 spiro atoms. The van der Waals surface area contributed by atoms with Crippen molar-refractivity contribution in [2.75, 3.05) is 33.4 Å². The molecule has 20 nitrogen and oxygen atoms in total. The molecule has 0 radical (unpaired) electrons. The van der Waals surface area contributed by atoms with Crippen molar-refractivity contribution in [2.45, 2.75) is 83.3 Å². The van der Waals surface area contributed by atoms with Crippen LogP contribution in [-0.4, -0.2) is 97.2 Å². The number of methoxy groups -OCH3 is 1. The minimum absolute atomic E-state index is 0.0244. The number of amides is 2. The molecule has 2 unspecified atom stereocenters. The van der Waals surface area contributed by atoms with Crippen LogP contribution in [0.15, 0.2) is 35.1 Å². The highest BCUT2D eigenvalue weighted by atomic mass is 19.1. The average molecular weight is 786 g/mol. The van der Waals surface area contributed by atoms with E-state index >= 15 is 0 Å². The summed E-state index contributed by atoms with van der Waals surface area (Å²) in [7, 11) is 1.35.